The van der Waals surface area contributed by atoms with Crippen molar-refractivity contribution in [3.8, 4) is 11.1 Å². The monoisotopic (exact) mass is 450 g/mol. The van der Waals surface area contributed by atoms with Crippen LogP contribution < -0.4 is 10.6 Å². The third-order valence-electron chi connectivity index (χ3n) is 6.60. The van der Waals surface area contributed by atoms with Crippen molar-refractivity contribution in [1.82, 2.24) is 10.6 Å². The lowest BCUT2D eigenvalue weighted by atomic mass is 9.98. The summed E-state index contributed by atoms with van der Waals surface area (Å²) in [5, 5.41) is 14.3. The molecule has 0 aromatic heterocycles. The predicted molar refractivity (Wildman–Crippen MR) is 124 cm³/mol. The summed E-state index contributed by atoms with van der Waals surface area (Å²) in [4.78, 5) is 35.4. The fraction of sp³-hybridized carbons (Fsp3) is 0.423. The van der Waals surface area contributed by atoms with Crippen molar-refractivity contribution in [2.45, 2.75) is 44.4 Å². The molecule has 0 saturated heterocycles. The molecule has 4 rings (SSSR count). The minimum Gasteiger partial charge on any atom is -0.481 e. The number of rotatable bonds is 11. The number of carbonyl (C=O) groups is 3. The van der Waals surface area contributed by atoms with E-state index in [-0.39, 0.29) is 31.4 Å². The molecule has 0 unspecified atom stereocenters. The van der Waals surface area contributed by atoms with E-state index < -0.39 is 17.5 Å². The zero-order chi connectivity index (χ0) is 23.3. The summed E-state index contributed by atoms with van der Waals surface area (Å²) in [7, 11) is 0. The van der Waals surface area contributed by atoms with Gasteiger partial charge in [0, 0.05) is 25.4 Å². The Morgan fingerprint density at radius 3 is 2.15 bits per heavy atom. The van der Waals surface area contributed by atoms with E-state index in [9.17, 15) is 14.4 Å². The zero-order valence-corrected chi connectivity index (χ0v) is 18.6. The highest BCUT2D eigenvalue weighted by Gasteiger charge is 2.49. The van der Waals surface area contributed by atoms with E-state index in [1.54, 1.807) is 0 Å². The van der Waals surface area contributed by atoms with Crippen molar-refractivity contribution in [3.05, 3.63) is 59.7 Å². The second kappa shape index (κ2) is 10.1. The second-order valence-electron chi connectivity index (χ2n) is 8.92. The van der Waals surface area contributed by atoms with E-state index in [0.29, 0.717) is 13.0 Å². The first kappa shape index (κ1) is 22.8. The van der Waals surface area contributed by atoms with Gasteiger partial charge in [-0.2, -0.15) is 0 Å². The van der Waals surface area contributed by atoms with E-state index in [2.05, 4.69) is 34.9 Å². The predicted octanol–water partition coefficient (Wildman–Crippen LogP) is 4.07. The number of amides is 2. The fourth-order valence-electron chi connectivity index (χ4n) is 4.49. The van der Waals surface area contributed by atoms with Crippen LogP contribution >= 0.6 is 0 Å². The number of carboxylic acids is 1. The van der Waals surface area contributed by atoms with Crippen LogP contribution in [0, 0.1) is 5.41 Å². The third-order valence-corrected chi connectivity index (χ3v) is 6.60. The number of benzene rings is 2. The highest BCUT2D eigenvalue weighted by molar-refractivity contribution is 5.86. The van der Waals surface area contributed by atoms with Gasteiger partial charge in [-0.15, -0.1) is 0 Å². The van der Waals surface area contributed by atoms with Gasteiger partial charge in [0.25, 0.3) is 0 Å². The molecule has 3 N–H and O–H groups in total. The number of hydrogen-bond donors (Lipinski definition) is 3. The van der Waals surface area contributed by atoms with Gasteiger partial charge in [0.2, 0.25) is 5.91 Å². The largest absolute Gasteiger partial charge is 0.481 e. The molecule has 33 heavy (non-hydrogen) atoms. The first-order chi connectivity index (χ1) is 16.0. The number of nitrogens with one attached hydrogen (secondary N) is 2. The number of hydrogen-bond acceptors (Lipinski definition) is 4. The molecule has 0 spiro atoms. The average Bonchev–Trinajstić information content (AvgIpc) is 3.55. The van der Waals surface area contributed by atoms with E-state index in [0.717, 1.165) is 36.8 Å². The molecule has 7 heteroatoms. The maximum absolute atomic E-state index is 12.5. The molecule has 0 atom stereocenters. The van der Waals surface area contributed by atoms with Crippen molar-refractivity contribution in [1.29, 1.82) is 0 Å². The normalized spacial score (nSPS) is 15.3. The van der Waals surface area contributed by atoms with Gasteiger partial charge in [-0.05, 0) is 47.9 Å². The molecule has 174 valence electrons. The van der Waals surface area contributed by atoms with Crippen molar-refractivity contribution < 1.29 is 24.2 Å². The van der Waals surface area contributed by atoms with Gasteiger partial charge in [-0.1, -0.05) is 55.0 Å². The van der Waals surface area contributed by atoms with E-state index in [4.69, 9.17) is 9.84 Å². The van der Waals surface area contributed by atoms with Gasteiger partial charge in [0.05, 0.1) is 5.41 Å². The lowest BCUT2D eigenvalue weighted by Crippen LogP contribution is -2.41. The summed E-state index contributed by atoms with van der Waals surface area (Å²) < 4.78 is 5.56. The van der Waals surface area contributed by atoms with Crippen LogP contribution in [-0.2, 0) is 14.3 Å². The zero-order valence-electron chi connectivity index (χ0n) is 18.6. The number of carbonyl (C=O) groups excluding carboxylic acids is 2. The number of carboxylic acid groups (broad SMARTS) is 1. The number of ether oxygens (including phenoxy) is 1. The summed E-state index contributed by atoms with van der Waals surface area (Å²) >= 11 is 0. The molecule has 1 saturated carbocycles. The van der Waals surface area contributed by atoms with Gasteiger partial charge in [0.15, 0.2) is 0 Å². The molecule has 2 amide bonds. The van der Waals surface area contributed by atoms with Gasteiger partial charge in [-0.25, -0.2) is 4.79 Å². The maximum atomic E-state index is 12.5. The average molecular weight is 451 g/mol. The topological polar surface area (TPSA) is 105 Å². The van der Waals surface area contributed by atoms with Crippen LogP contribution in [0.15, 0.2) is 48.5 Å². The molecule has 2 aromatic rings. The van der Waals surface area contributed by atoms with Crippen LogP contribution in [0.2, 0.25) is 0 Å². The first-order valence-corrected chi connectivity index (χ1v) is 11.6. The molecule has 2 aliphatic carbocycles. The molecule has 2 aromatic carbocycles. The molecule has 0 radical (unpaired) electrons. The number of alkyl carbamates (subject to hydrolysis) is 1. The number of unbranched alkanes of at least 4 members (excludes halogenated alkanes) is 2. The van der Waals surface area contributed by atoms with Crippen LogP contribution in [0.25, 0.3) is 11.1 Å². The highest BCUT2D eigenvalue weighted by atomic mass is 16.5. The molecular weight excluding hydrogens is 420 g/mol. The van der Waals surface area contributed by atoms with E-state index in [1.165, 1.54) is 11.1 Å². The fourth-order valence-corrected chi connectivity index (χ4v) is 4.49. The molecule has 1 fully saturated rings. The van der Waals surface area contributed by atoms with E-state index >= 15 is 0 Å². The van der Waals surface area contributed by atoms with Gasteiger partial charge in [-0.3, -0.25) is 9.59 Å². The summed E-state index contributed by atoms with van der Waals surface area (Å²) in [6.45, 7) is 1.02. The maximum Gasteiger partial charge on any atom is 0.407 e. The Morgan fingerprint density at radius 2 is 1.55 bits per heavy atom. The third kappa shape index (κ3) is 5.35. The van der Waals surface area contributed by atoms with Crippen LogP contribution in [0.5, 0.6) is 0 Å². The van der Waals surface area contributed by atoms with E-state index in [1.807, 2.05) is 24.3 Å². The van der Waals surface area contributed by atoms with Crippen LogP contribution in [0.1, 0.15) is 55.6 Å². The van der Waals surface area contributed by atoms with Gasteiger partial charge < -0.3 is 20.5 Å². The van der Waals surface area contributed by atoms with Crippen molar-refractivity contribution in [2.75, 3.05) is 19.7 Å². The lowest BCUT2D eigenvalue weighted by molar-refractivity contribution is -0.137. The van der Waals surface area contributed by atoms with Crippen LogP contribution in [-0.4, -0.2) is 42.8 Å². The Hall–Kier alpha value is -3.35. The quantitative estimate of drug-likeness (QED) is 0.448. The molecule has 0 heterocycles. The Kier molecular flexibility index (Phi) is 6.96. The summed E-state index contributed by atoms with van der Waals surface area (Å²) in [5.41, 5.74) is 4.13. The van der Waals surface area contributed by atoms with Gasteiger partial charge >= 0.3 is 12.1 Å². The van der Waals surface area contributed by atoms with Crippen LogP contribution in [0.4, 0.5) is 4.79 Å². The molecule has 2 aliphatic rings. The second-order valence-corrected chi connectivity index (χ2v) is 8.92. The molecule has 0 bridgehead atoms. The van der Waals surface area contributed by atoms with Crippen molar-refractivity contribution in [3.63, 3.8) is 0 Å². The summed E-state index contributed by atoms with van der Waals surface area (Å²) in [6.07, 6.45) is 3.24. The Morgan fingerprint density at radius 1 is 0.909 bits per heavy atom. The van der Waals surface area contributed by atoms with Gasteiger partial charge in [0.1, 0.15) is 6.61 Å². The minimum absolute atomic E-state index is 0.00228. The SMILES string of the molecule is O=C(O)CCCCCNC(=O)C1(CNC(=O)OCC2c3ccccc3-c3ccccc32)CC1. The van der Waals surface area contributed by atoms with Crippen molar-refractivity contribution in [2.24, 2.45) is 5.41 Å². The highest BCUT2D eigenvalue weighted by Crippen LogP contribution is 2.46. The van der Waals surface area contributed by atoms with Crippen molar-refractivity contribution >= 4 is 18.0 Å². The molecular formula is C26H30N2O5. The van der Waals surface area contributed by atoms with Crippen LogP contribution in [0.3, 0.4) is 0 Å². The lowest BCUT2D eigenvalue weighted by Gasteiger charge is -2.18. The molecule has 7 nitrogen and oxygen atoms in total. The Labute approximate surface area is 193 Å². The first-order valence-electron chi connectivity index (χ1n) is 11.6. The minimum atomic E-state index is -0.796. The Balaban J connectivity index is 1.22. The Bertz CT molecular complexity index is 985. The number of fused-ring (bicyclic) bond motifs is 3. The smallest absolute Gasteiger partial charge is 0.407 e. The number of aliphatic carboxylic acids is 1. The standard InChI is InChI=1S/C26H30N2O5/c29-23(30)12-2-1-7-15-27-24(31)26(13-14-26)17-28-25(32)33-16-22-20-10-5-3-8-18(20)19-9-4-6-11-21(19)22/h3-6,8-11,22H,1-2,7,12-17H2,(H,27,31)(H,28,32)(H,29,30). The summed E-state index contributed by atoms with van der Waals surface area (Å²) in [5.74, 6) is -0.850. The molecule has 0 aliphatic heterocycles. The summed E-state index contributed by atoms with van der Waals surface area (Å²) in [6, 6.07) is 16.4.